The molecule has 2 aromatic rings. The molecule has 0 fully saturated rings. The molecule has 21 heavy (non-hydrogen) atoms. The largest absolute Gasteiger partial charge is 0.339 e. The first-order chi connectivity index (χ1) is 9.89. The summed E-state index contributed by atoms with van der Waals surface area (Å²) in [5.74, 6) is 1.22. The zero-order valence-electron chi connectivity index (χ0n) is 13.3. The molecule has 5 nitrogen and oxygen atoms in total. The first kappa shape index (κ1) is 15.6. The Kier molecular flexibility index (Phi) is 4.73. The molecule has 2 rings (SSSR count). The lowest BCUT2D eigenvalue weighted by Crippen LogP contribution is -2.28. The predicted molar refractivity (Wildman–Crippen MR) is 82.7 cm³/mol. The molecule has 0 aromatic carbocycles. The topological polar surface area (TPSA) is 77.8 Å². The average molecular weight is 288 g/mol. The maximum absolute atomic E-state index is 6.16. The van der Waals surface area contributed by atoms with E-state index in [0.717, 1.165) is 24.0 Å². The van der Waals surface area contributed by atoms with E-state index in [0.29, 0.717) is 18.1 Å². The number of rotatable bonds is 5. The van der Waals surface area contributed by atoms with Gasteiger partial charge in [-0.3, -0.25) is 4.98 Å². The highest BCUT2D eigenvalue weighted by Crippen LogP contribution is 2.23. The van der Waals surface area contributed by atoms with E-state index >= 15 is 0 Å². The average Bonchev–Trinajstić information content (AvgIpc) is 2.84. The minimum absolute atomic E-state index is 0.0291. The van der Waals surface area contributed by atoms with Crippen LogP contribution < -0.4 is 5.73 Å². The van der Waals surface area contributed by atoms with E-state index in [2.05, 4.69) is 42.8 Å². The monoisotopic (exact) mass is 288 g/mol. The van der Waals surface area contributed by atoms with Crippen LogP contribution in [0.25, 0.3) is 11.4 Å². The Balaban J connectivity index is 2.11. The summed E-state index contributed by atoms with van der Waals surface area (Å²) in [7, 11) is 0. The molecule has 2 aromatic heterocycles. The van der Waals surface area contributed by atoms with E-state index in [9.17, 15) is 0 Å². The third-order valence-electron chi connectivity index (χ3n) is 3.30. The quantitative estimate of drug-likeness (QED) is 0.915. The van der Waals surface area contributed by atoms with Gasteiger partial charge in [0.2, 0.25) is 11.7 Å². The van der Waals surface area contributed by atoms with Crippen molar-refractivity contribution in [3.8, 4) is 11.4 Å². The first-order valence-corrected chi connectivity index (χ1v) is 7.40. The van der Waals surface area contributed by atoms with Crippen molar-refractivity contribution in [2.75, 3.05) is 0 Å². The van der Waals surface area contributed by atoms with Gasteiger partial charge in [-0.25, -0.2) is 0 Å². The molecular formula is C16H24N4O. The number of hydrogen-bond donors (Lipinski definition) is 1. The molecule has 1 unspecified atom stereocenters. The SMILES string of the molecule is CCc1cnccc1-c1noc(CC(N)CC(C)(C)C)n1. The minimum Gasteiger partial charge on any atom is -0.339 e. The van der Waals surface area contributed by atoms with Crippen molar-refractivity contribution in [3.63, 3.8) is 0 Å². The number of aromatic nitrogens is 3. The summed E-state index contributed by atoms with van der Waals surface area (Å²) >= 11 is 0. The minimum atomic E-state index is 0.0291. The second kappa shape index (κ2) is 6.35. The smallest absolute Gasteiger partial charge is 0.228 e. The van der Waals surface area contributed by atoms with Crippen LogP contribution in [0.1, 0.15) is 45.6 Å². The van der Waals surface area contributed by atoms with Crippen molar-refractivity contribution in [2.24, 2.45) is 11.1 Å². The van der Waals surface area contributed by atoms with Gasteiger partial charge in [-0.15, -0.1) is 0 Å². The molecule has 0 radical (unpaired) electrons. The lowest BCUT2D eigenvalue weighted by atomic mass is 9.87. The van der Waals surface area contributed by atoms with E-state index in [-0.39, 0.29) is 11.5 Å². The van der Waals surface area contributed by atoms with Crippen LogP contribution in [0.3, 0.4) is 0 Å². The fourth-order valence-corrected chi connectivity index (χ4v) is 2.46. The van der Waals surface area contributed by atoms with Gasteiger partial charge in [0.25, 0.3) is 0 Å². The molecule has 0 saturated heterocycles. The van der Waals surface area contributed by atoms with Crippen LogP contribution in [0.5, 0.6) is 0 Å². The maximum atomic E-state index is 6.16. The first-order valence-electron chi connectivity index (χ1n) is 7.40. The summed E-state index contributed by atoms with van der Waals surface area (Å²) in [6, 6.07) is 1.95. The predicted octanol–water partition coefficient (Wildman–Crippen LogP) is 3.00. The van der Waals surface area contributed by atoms with Crippen LogP contribution in [0, 0.1) is 5.41 Å². The highest BCUT2D eigenvalue weighted by Gasteiger charge is 2.19. The Labute approximate surface area is 126 Å². The Morgan fingerprint density at radius 2 is 2.10 bits per heavy atom. The van der Waals surface area contributed by atoms with E-state index in [4.69, 9.17) is 10.3 Å². The second-order valence-electron chi connectivity index (χ2n) is 6.63. The zero-order valence-corrected chi connectivity index (χ0v) is 13.3. The summed E-state index contributed by atoms with van der Waals surface area (Å²) in [4.78, 5) is 8.60. The molecule has 0 bridgehead atoms. The number of nitrogens with zero attached hydrogens (tertiary/aromatic N) is 3. The molecular weight excluding hydrogens is 264 g/mol. The molecule has 2 heterocycles. The van der Waals surface area contributed by atoms with Crippen molar-refractivity contribution in [2.45, 2.75) is 53.0 Å². The standard InChI is InChI=1S/C16H24N4O/c1-5-11-10-18-7-6-13(11)15-19-14(21-20-15)8-12(17)9-16(2,3)4/h6-7,10,12H,5,8-9,17H2,1-4H3. The summed E-state index contributed by atoms with van der Waals surface area (Å²) in [5.41, 5.74) is 8.45. The van der Waals surface area contributed by atoms with Gasteiger partial charge >= 0.3 is 0 Å². The maximum Gasteiger partial charge on any atom is 0.228 e. The number of aryl methyl sites for hydroxylation is 1. The lowest BCUT2D eigenvalue weighted by molar-refractivity contribution is 0.313. The molecule has 0 saturated carbocycles. The van der Waals surface area contributed by atoms with Gasteiger partial charge in [0.1, 0.15) is 0 Å². The van der Waals surface area contributed by atoms with Crippen molar-refractivity contribution in [1.29, 1.82) is 0 Å². The number of pyridine rings is 1. The van der Waals surface area contributed by atoms with Gasteiger partial charge in [-0.2, -0.15) is 4.98 Å². The van der Waals surface area contributed by atoms with Gasteiger partial charge in [0.05, 0.1) is 0 Å². The van der Waals surface area contributed by atoms with Gasteiger partial charge in [0.15, 0.2) is 0 Å². The highest BCUT2D eigenvalue weighted by molar-refractivity contribution is 5.58. The third kappa shape index (κ3) is 4.36. The Bertz CT molecular complexity index is 586. The Morgan fingerprint density at radius 3 is 2.76 bits per heavy atom. The molecule has 0 aliphatic heterocycles. The molecule has 1 atom stereocenters. The van der Waals surface area contributed by atoms with E-state index in [1.165, 1.54) is 0 Å². The van der Waals surface area contributed by atoms with Crippen LogP contribution in [-0.4, -0.2) is 21.2 Å². The Hall–Kier alpha value is -1.75. The second-order valence-corrected chi connectivity index (χ2v) is 6.63. The molecule has 0 spiro atoms. The van der Waals surface area contributed by atoms with E-state index in [1.54, 1.807) is 6.20 Å². The van der Waals surface area contributed by atoms with Crippen molar-refractivity contribution in [3.05, 3.63) is 29.9 Å². The normalized spacial score (nSPS) is 13.4. The summed E-state index contributed by atoms with van der Waals surface area (Å²) in [5, 5.41) is 4.08. The fourth-order valence-electron chi connectivity index (χ4n) is 2.46. The van der Waals surface area contributed by atoms with Gasteiger partial charge < -0.3 is 10.3 Å². The Morgan fingerprint density at radius 1 is 1.33 bits per heavy atom. The van der Waals surface area contributed by atoms with Crippen LogP contribution in [0.4, 0.5) is 0 Å². The van der Waals surface area contributed by atoms with Gasteiger partial charge in [-0.1, -0.05) is 32.9 Å². The van der Waals surface area contributed by atoms with Gasteiger partial charge in [0, 0.05) is 30.4 Å². The fraction of sp³-hybridized carbons (Fsp3) is 0.562. The third-order valence-corrected chi connectivity index (χ3v) is 3.30. The molecule has 5 heteroatoms. The van der Waals surface area contributed by atoms with Crippen LogP contribution in [0.15, 0.2) is 23.0 Å². The van der Waals surface area contributed by atoms with E-state index < -0.39 is 0 Å². The number of nitrogens with two attached hydrogens (primary N) is 1. The van der Waals surface area contributed by atoms with Crippen molar-refractivity contribution < 1.29 is 4.52 Å². The molecule has 2 N–H and O–H groups in total. The summed E-state index contributed by atoms with van der Waals surface area (Å²) in [6.07, 6.45) is 6.00. The van der Waals surface area contributed by atoms with Crippen LogP contribution in [0.2, 0.25) is 0 Å². The van der Waals surface area contributed by atoms with Crippen molar-refractivity contribution in [1.82, 2.24) is 15.1 Å². The summed E-state index contributed by atoms with van der Waals surface area (Å²) < 4.78 is 5.34. The molecule has 0 aliphatic carbocycles. The highest BCUT2D eigenvalue weighted by atomic mass is 16.5. The van der Waals surface area contributed by atoms with Crippen LogP contribution >= 0.6 is 0 Å². The lowest BCUT2D eigenvalue weighted by Gasteiger charge is -2.21. The summed E-state index contributed by atoms with van der Waals surface area (Å²) in [6.45, 7) is 8.62. The van der Waals surface area contributed by atoms with Crippen molar-refractivity contribution >= 4 is 0 Å². The molecule has 0 amide bonds. The van der Waals surface area contributed by atoms with Crippen LogP contribution in [-0.2, 0) is 12.8 Å². The zero-order chi connectivity index (χ0) is 15.5. The molecule has 114 valence electrons. The molecule has 0 aliphatic rings. The van der Waals surface area contributed by atoms with Gasteiger partial charge in [-0.05, 0) is 29.9 Å². The number of hydrogen-bond acceptors (Lipinski definition) is 5. The van der Waals surface area contributed by atoms with E-state index in [1.807, 2.05) is 12.3 Å².